The van der Waals surface area contributed by atoms with Crippen LogP contribution in [0.25, 0.3) is 0 Å². The number of anilines is 1. The van der Waals surface area contributed by atoms with Crippen LogP contribution in [0.3, 0.4) is 0 Å². The van der Waals surface area contributed by atoms with Crippen molar-refractivity contribution in [1.82, 2.24) is 14.8 Å². The number of amides is 1. The van der Waals surface area contributed by atoms with Gasteiger partial charge in [0.15, 0.2) is 0 Å². The molecule has 142 valence electrons. The van der Waals surface area contributed by atoms with Gasteiger partial charge in [0, 0.05) is 62.8 Å². The molecule has 0 unspecified atom stereocenters. The van der Waals surface area contributed by atoms with E-state index in [0.717, 1.165) is 38.2 Å². The largest absolute Gasteiger partial charge is 0.379 e. The van der Waals surface area contributed by atoms with Crippen molar-refractivity contribution in [2.45, 2.75) is 44.8 Å². The van der Waals surface area contributed by atoms with Gasteiger partial charge in [0.2, 0.25) is 5.91 Å². The molecule has 0 bridgehead atoms. The van der Waals surface area contributed by atoms with Crippen LogP contribution < -0.4 is 5.32 Å². The second-order valence-corrected chi connectivity index (χ2v) is 8.07. The minimum Gasteiger partial charge on any atom is -0.379 e. The number of rotatable bonds is 2. The number of hydrogen-bond acceptors (Lipinski definition) is 4. The van der Waals surface area contributed by atoms with Gasteiger partial charge in [-0.05, 0) is 43.0 Å². The van der Waals surface area contributed by atoms with Crippen LogP contribution in [0.1, 0.15) is 36.1 Å². The average molecular weight is 364 g/mol. The molecule has 0 aliphatic carbocycles. The Labute approximate surface area is 161 Å². The molecule has 1 N–H and O–H groups in total. The van der Waals surface area contributed by atoms with E-state index in [9.17, 15) is 4.79 Å². The van der Waals surface area contributed by atoms with Crippen molar-refractivity contribution in [3.05, 3.63) is 59.4 Å². The number of carbonyl (C=O) groups is 1. The maximum Gasteiger partial charge on any atom is 0.224 e. The molecule has 5 nitrogen and oxygen atoms in total. The Bertz CT molecular complexity index is 809. The number of fused-ring (bicyclic) bond motifs is 1. The highest BCUT2D eigenvalue weighted by molar-refractivity contribution is 5.79. The highest BCUT2D eigenvalue weighted by Gasteiger charge is 2.38. The van der Waals surface area contributed by atoms with E-state index >= 15 is 0 Å². The Morgan fingerprint density at radius 1 is 1.15 bits per heavy atom. The fourth-order valence-electron chi connectivity index (χ4n) is 4.17. The summed E-state index contributed by atoms with van der Waals surface area (Å²) in [4.78, 5) is 21.5. The Morgan fingerprint density at radius 2 is 1.93 bits per heavy atom. The SMILES string of the molecule is Cc1ccc(CN2CCC3(CC2)CC(=O)N(C)Cc2ccccc2N3)cn1. The highest BCUT2D eigenvalue weighted by atomic mass is 16.2. The Morgan fingerprint density at radius 3 is 2.67 bits per heavy atom. The molecule has 3 heterocycles. The van der Waals surface area contributed by atoms with Crippen molar-refractivity contribution < 1.29 is 4.79 Å². The maximum absolute atomic E-state index is 12.7. The molecule has 2 aliphatic rings. The normalized spacial score (nSPS) is 19.9. The lowest BCUT2D eigenvalue weighted by Gasteiger charge is -2.45. The number of likely N-dealkylation sites (tertiary alicyclic amines) is 1. The summed E-state index contributed by atoms with van der Waals surface area (Å²) < 4.78 is 0. The minimum absolute atomic E-state index is 0.149. The van der Waals surface area contributed by atoms with Crippen LogP contribution in [0.5, 0.6) is 0 Å². The van der Waals surface area contributed by atoms with E-state index in [1.54, 1.807) is 0 Å². The zero-order valence-corrected chi connectivity index (χ0v) is 16.2. The van der Waals surface area contributed by atoms with E-state index in [0.29, 0.717) is 13.0 Å². The lowest BCUT2D eigenvalue weighted by Crippen LogP contribution is -2.52. The molecule has 0 saturated carbocycles. The van der Waals surface area contributed by atoms with Gasteiger partial charge in [-0.3, -0.25) is 14.7 Å². The standard InChI is InChI=1S/C22H28N4O/c1-17-7-8-18(14-23-17)15-26-11-9-22(10-12-26)13-21(27)25(2)16-19-5-3-4-6-20(19)24-22/h3-8,14,24H,9-13,15-16H2,1-2H3. The first kappa shape index (κ1) is 18.0. The molecule has 27 heavy (non-hydrogen) atoms. The Kier molecular flexibility index (Phi) is 4.87. The number of para-hydroxylation sites is 1. The highest BCUT2D eigenvalue weighted by Crippen LogP contribution is 2.34. The maximum atomic E-state index is 12.7. The first-order valence-electron chi connectivity index (χ1n) is 9.77. The van der Waals surface area contributed by atoms with Gasteiger partial charge in [0.1, 0.15) is 0 Å². The Hall–Kier alpha value is -2.40. The molecule has 0 radical (unpaired) electrons. The summed E-state index contributed by atoms with van der Waals surface area (Å²) in [6.07, 6.45) is 4.49. The number of nitrogens with one attached hydrogen (secondary N) is 1. The quantitative estimate of drug-likeness (QED) is 0.889. The van der Waals surface area contributed by atoms with E-state index in [1.165, 1.54) is 16.8 Å². The summed E-state index contributed by atoms with van der Waals surface area (Å²) >= 11 is 0. The van der Waals surface area contributed by atoms with Crippen LogP contribution in [0.4, 0.5) is 5.69 Å². The summed E-state index contributed by atoms with van der Waals surface area (Å²) in [5.74, 6) is 0.230. The molecule has 1 aromatic carbocycles. The summed E-state index contributed by atoms with van der Waals surface area (Å²) in [7, 11) is 1.91. The van der Waals surface area contributed by atoms with Crippen molar-refractivity contribution in [2.75, 3.05) is 25.5 Å². The molecule has 4 rings (SSSR count). The van der Waals surface area contributed by atoms with E-state index in [4.69, 9.17) is 0 Å². The van der Waals surface area contributed by atoms with Gasteiger partial charge < -0.3 is 10.2 Å². The van der Waals surface area contributed by atoms with Crippen molar-refractivity contribution in [3.63, 3.8) is 0 Å². The van der Waals surface area contributed by atoms with E-state index in [-0.39, 0.29) is 11.4 Å². The number of piperidine rings is 1. The summed E-state index contributed by atoms with van der Waals surface area (Å²) in [5, 5.41) is 3.77. The monoisotopic (exact) mass is 364 g/mol. The number of carbonyl (C=O) groups excluding carboxylic acids is 1. The third-order valence-electron chi connectivity index (χ3n) is 5.93. The van der Waals surface area contributed by atoms with Crippen molar-refractivity contribution in [1.29, 1.82) is 0 Å². The van der Waals surface area contributed by atoms with E-state index in [1.807, 2.05) is 31.1 Å². The molecular weight excluding hydrogens is 336 g/mol. The lowest BCUT2D eigenvalue weighted by molar-refractivity contribution is -0.132. The third-order valence-corrected chi connectivity index (χ3v) is 5.93. The van der Waals surface area contributed by atoms with Gasteiger partial charge in [0.25, 0.3) is 0 Å². The first-order valence-corrected chi connectivity index (χ1v) is 9.77. The van der Waals surface area contributed by atoms with Gasteiger partial charge >= 0.3 is 0 Å². The van der Waals surface area contributed by atoms with Gasteiger partial charge in [-0.2, -0.15) is 0 Å². The second kappa shape index (κ2) is 7.31. The van der Waals surface area contributed by atoms with Crippen LogP contribution in [0, 0.1) is 6.92 Å². The summed E-state index contributed by atoms with van der Waals surface area (Å²) in [6.45, 7) is 5.58. The van der Waals surface area contributed by atoms with Gasteiger partial charge in [0.05, 0.1) is 0 Å². The molecule has 1 fully saturated rings. The van der Waals surface area contributed by atoms with Crippen LogP contribution in [-0.4, -0.2) is 46.4 Å². The fourth-order valence-corrected chi connectivity index (χ4v) is 4.17. The molecule has 1 amide bonds. The average Bonchev–Trinajstić information content (AvgIpc) is 2.66. The number of hydrogen-bond donors (Lipinski definition) is 1. The number of aryl methyl sites for hydroxylation is 1. The third kappa shape index (κ3) is 3.98. The minimum atomic E-state index is -0.149. The molecular formula is C22H28N4O. The predicted octanol–water partition coefficient (Wildman–Crippen LogP) is 3.20. The van der Waals surface area contributed by atoms with Crippen molar-refractivity contribution >= 4 is 11.6 Å². The Balaban J connectivity index is 1.49. The topological polar surface area (TPSA) is 48.5 Å². The van der Waals surface area contributed by atoms with Gasteiger partial charge in [-0.15, -0.1) is 0 Å². The smallest absolute Gasteiger partial charge is 0.224 e. The molecule has 2 aromatic rings. The van der Waals surface area contributed by atoms with Crippen LogP contribution >= 0.6 is 0 Å². The second-order valence-electron chi connectivity index (χ2n) is 8.07. The molecule has 0 atom stereocenters. The van der Waals surface area contributed by atoms with Gasteiger partial charge in [-0.1, -0.05) is 24.3 Å². The van der Waals surface area contributed by atoms with Crippen LogP contribution in [0.15, 0.2) is 42.6 Å². The molecule has 1 spiro atoms. The zero-order valence-electron chi connectivity index (χ0n) is 16.2. The molecule has 1 aromatic heterocycles. The van der Waals surface area contributed by atoms with E-state index in [2.05, 4.69) is 45.5 Å². The number of aromatic nitrogens is 1. The van der Waals surface area contributed by atoms with Crippen molar-refractivity contribution in [3.8, 4) is 0 Å². The van der Waals surface area contributed by atoms with Gasteiger partial charge in [-0.25, -0.2) is 0 Å². The molecule has 5 heteroatoms. The van der Waals surface area contributed by atoms with E-state index < -0.39 is 0 Å². The molecule has 2 aliphatic heterocycles. The van der Waals surface area contributed by atoms with Crippen LogP contribution in [0.2, 0.25) is 0 Å². The predicted molar refractivity (Wildman–Crippen MR) is 107 cm³/mol. The van der Waals surface area contributed by atoms with Crippen LogP contribution in [-0.2, 0) is 17.9 Å². The zero-order chi connectivity index (χ0) is 18.9. The first-order chi connectivity index (χ1) is 13.0. The fraction of sp³-hybridized carbons (Fsp3) is 0.455. The number of nitrogens with zero attached hydrogens (tertiary/aromatic N) is 3. The summed E-state index contributed by atoms with van der Waals surface area (Å²) in [5.41, 5.74) is 4.53. The summed E-state index contributed by atoms with van der Waals surface area (Å²) in [6, 6.07) is 12.6. The number of pyridine rings is 1. The molecule has 1 saturated heterocycles. The lowest BCUT2D eigenvalue weighted by atomic mass is 9.82. The van der Waals surface area contributed by atoms with Crippen molar-refractivity contribution in [2.24, 2.45) is 0 Å². The number of benzene rings is 1.